The van der Waals surface area contributed by atoms with Gasteiger partial charge in [-0.3, -0.25) is 4.79 Å². The fourth-order valence-electron chi connectivity index (χ4n) is 3.04. The third kappa shape index (κ3) is 5.19. The largest absolute Gasteiger partial charge is 0.462 e. The van der Waals surface area contributed by atoms with E-state index in [0.29, 0.717) is 4.88 Å². The number of esters is 2. The maximum Gasteiger partial charge on any atom is 0.453 e. The first kappa shape index (κ1) is 24.0. The van der Waals surface area contributed by atoms with E-state index in [1.54, 1.807) is 18.4 Å². The lowest BCUT2D eigenvalue weighted by Gasteiger charge is -2.14. The molecule has 0 bridgehead atoms. The molecule has 0 saturated carbocycles. The van der Waals surface area contributed by atoms with Crippen LogP contribution in [0.3, 0.4) is 0 Å². The zero-order valence-corrected chi connectivity index (χ0v) is 18.7. The molecule has 0 aliphatic rings. The molecule has 0 radical (unpaired) electrons. The molecule has 0 N–H and O–H groups in total. The highest BCUT2D eigenvalue weighted by Gasteiger charge is 2.40. The molecule has 0 fully saturated rings. The van der Waals surface area contributed by atoms with Crippen molar-refractivity contribution in [3.8, 4) is 17.2 Å². The van der Waals surface area contributed by atoms with E-state index >= 15 is 0 Å². The van der Waals surface area contributed by atoms with Gasteiger partial charge < -0.3 is 18.6 Å². The summed E-state index contributed by atoms with van der Waals surface area (Å²) in [5.74, 6) is -4.28. The normalized spacial score (nSPS) is 11.3. The second kappa shape index (κ2) is 9.63. The zero-order valence-electron chi connectivity index (χ0n) is 17.9. The van der Waals surface area contributed by atoms with Crippen molar-refractivity contribution in [2.24, 2.45) is 0 Å². The molecule has 0 aliphatic carbocycles. The summed E-state index contributed by atoms with van der Waals surface area (Å²) in [7, 11) is 0. The molecule has 11 heteroatoms. The summed E-state index contributed by atoms with van der Waals surface area (Å²) in [6, 6.07) is 11.7. The highest BCUT2D eigenvalue weighted by Crippen LogP contribution is 2.38. The molecule has 0 saturated heterocycles. The summed E-state index contributed by atoms with van der Waals surface area (Å²) >= 11 is 1.13. The molecule has 180 valence electrons. The van der Waals surface area contributed by atoms with E-state index < -0.39 is 40.6 Å². The lowest BCUT2D eigenvalue weighted by atomic mass is 10.2. The third-order valence-corrected chi connectivity index (χ3v) is 5.45. The minimum Gasteiger partial charge on any atom is -0.462 e. The van der Waals surface area contributed by atoms with Crippen LogP contribution < -0.4 is 14.9 Å². The predicted molar refractivity (Wildman–Crippen MR) is 119 cm³/mol. The molecule has 2 aromatic heterocycles. The summed E-state index contributed by atoms with van der Waals surface area (Å²) in [5, 5.41) is 1.45. The Labute approximate surface area is 199 Å². The zero-order chi connectivity index (χ0) is 25.2. The van der Waals surface area contributed by atoms with E-state index in [9.17, 15) is 27.6 Å². The lowest BCUT2D eigenvalue weighted by Crippen LogP contribution is -2.15. The topological polar surface area (TPSA) is 92.0 Å². The molecule has 35 heavy (non-hydrogen) atoms. The Morgan fingerprint density at radius 2 is 1.71 bits per heavy atom. The van der Waals surface area contributed by atoms with Gasteiger partial charge in [-0.2, -0.15) is 13.2 Å². The Morgan fingerprint density at radius 1 is 1.00 bits per heavy atom. The van der Waals surface area contributed by atoms with Crippen molar-refractivity contribution >= 4 is 34.2 Å². The molecule has 0 amide bonds. The van der Waals surface area contributed by atoms with Gasteiger partial charge in [0.05, 0.1) is 17.6 Å². The summed E-state index contributed by atoms with van der Waals surface area (Å²) in [4.78, 5) is 37.1. The van der Waals surface area contributed by atoms with Crippen LogP contribution in [0.25, 0.3) is 11.0 Å². The minimum atomic E-state index is -5.07. The number of thiophene rings is 1. The van der Waals surface area contributed by atoms with Gasteiger partial charge in [-0.25, -0.2) is 9.59 Å². The van der Waals surface area contributed by atoms with E-state index in [0.717, 1.165) is 17.4 Å². The van der Waals surface area contributed by atoms with E-state index in [2.05, 4.69) is 0 Å². The van der Waals surface area contributed by atoms with E-state index in [4.69, 9.17) is 18.6 Å². The number of benzene rings is 2. The molecule has 2 heterocycles. The molecule has 4 rings (SSSR count). The van der Waals surface area contributed by atoms with E-state index in [1.165, 1.54) is 42.5 Å². The van der Waals surface area contributed by atoms with Crippen molar-refractivity contribution < 1.29 is 41.4 Å². The number of hydrogen-bond donors (Lipinski definition) is 0. The molecular formula is C24H15F3O7S. The van der Waals surface area contributed by atoms with Crippen LogP contribution in [-0.4, -0.2) is 18.5 Å². The van der Waals surface area contributed by atoms with Gasteiger partial charge in [-0.1, -0.05) is 6.07 Å². The fraction of sp³-hybridized carbons (Fsp3) is 0.125. The maximum atomic E-state index is 13.8. The number of hydrogen-bond acceptors (Lipinski definition) is 8. The van der Waals surface area contributed by atoms with Crippen LogP contribution in [0.4, 0.5) is 13.2 Å². The summed E-state index contributed by atoms with van der Waals surface area (Å²) in [5.41, 5.74) is -1.36. The number of fused-ring (bicyclic) bond motifs is 1. The van der Waals surface area contributed by atoms with Crippen molar-refractivity contribution in [3.05, 3.63) is 86.4 Å². The summed E-state index contributed by atoms with van der Waals surface area (Å²) in [6.45, 7) is 1.78. The molecular weight excluding hydrogens is 489 g/mol. The first-order chi connectivity index (χ1) is 16.7. The second-order valence-corrected chi connectivity index (χ2v) is 7.91. The number of ether oxygens (including phenoxy) is 3. The first-order valence-corrected chi connectivity index (χ1v) is 10.9. The Hall–Kier alpha value is -4.12. The average molecular weight is 504 g/mol. The third-order valence-electron chi connectivity index (χ3n) is 4.60. The van der Waals surface area contributed by atoms with Crippen LogP contribution in [0, 0.1) is 0 Å². The van der Waals surface area contributed by atoms with Gasteiger partial charge in [0.1, 0.15) is 22.0 Å². The van der Waals surface area contributed by atoms with Gasteiger partial charge >= 0.3 is 18.1 Å². The van der Waals surface area contributed by atoms with Crippen LogP contribution in [0.15, 0.2) is 69.2 Å². The van der Waals surface area contributed by atoms with Crippen LogP contribution in [0.1, 0.15) is 32.7 Å². The smallest absolute Gasteiger partial charge is 0.453 e. The molecule has 4 aromatic rings. The lowest BCUT2D eigenvalue weighted by molar-refractivity contribution is -0.154. The monoisotopic (exact) mass is 504 g/mol. The Morgan fingerprint density at radius 3 is 2.34 bits per heavy atom. The van der Waals surface area contributed by atoms with Crippen molar-refractivity contribution in [3.63, 3.8) is 0 Å². The van der Waals surface area contributed by atoms with Crippen LogP contribution in [0.5, 0.6) is 17.2 Å². The molecule has 0 unspecified atom stereocenters. The first-order valence-electron chi connectivity index (χ1n) is 10.1. The Balaban J connectivity index is 1.70. The summed E-state index contributed by atoms with van der Waals surface area (Å²) < 4.78 is 61.5. The van der Waals surface area contributed by atoms with Crippen molar-refractivity contribution in [2.75, 3.05) is 6.61 Å². The highest BCUT2D eigenvalue weighted by molar-refractivity contribution is 7.12. The number of rotatable bonds is 6. The standard InChI is InChI=1S/C24H15F3O7S/c1-2-31-22(29)13-5-7-14(8-6-13)32-20-19(28)16-10-9-15(33-23(30)18-4-3-11-35-18)12-17(16)34-21(20)24(25,26)27/h3-12H,2H2,1H3. The molecule has 0 spiro atoms. The van der Waals surface area contributed by atoms with Crippen molar-refractivity contribution in [1.29, 1.82) is 0 Å². The van der Waals surface area contributed by atoms with Crippen molar-refractivity contribution in [2.45, 2.75) is 13.1 Å². The Kier molecular flexibility index (Phi) is 6.61. The number of alkyl halides is 3. The van der Waals surface area contributed by atoms with Gasteiger partial charge in [-0.15, -0.1) is 11.3 Å². The van der Waals surface area contributed by atoms with Crippen molar-refractivity contribution in [1.82, 2.24) is 0 Å². The number of halogens is 3. The number of carbonyl (C=O) groups excluding carboxylic acids is 2. The van der Waals surface area contributed by atoms with Gasteiger partial charge in [0.25, 0.3) is 5.76 Å². The molecule has 2 aromatic carbocycles. The number of carbonyl (C=O) groups is 2. The highest BCUT2D eigenvalue weighted by atomic mass is 32.1. The van der Waals surface area contributed by atoms with Crippen LogP contribution in [0.2, 0.25) is 0 Å². The Bertz CT molecular complexity index is 1440. The predicted octanol–water partition coefficient (Wildman–Crippen LogP) is 6.06. The second-order valence-electron chi connectivity index (χ2n) is 6.96. The fourth-order valence-corrected chi connectivity index (χ4v) is 3.64. The molecule has 0 aliphatic heterocycles. The van der Waals surface area contributed by atoms with Crippen LogP contribution in [-0.2, 0) is 10.9 Å². The maximum absolute atomic E-state index is 13.8. The summed E-state index contributed by atoms with van der Waals surface area (Å²) in [6.07, 6.45) is -5.07. The molecule has 0 atom stereocenters. The SMILES string of the molecule is CCOC(=O)c1ccc(Oc2c(C(F)(F)F)oc3cc(OC(=O)c4cccs4)ccc3c2=O)cc1. The van der Waals surface area contributed by atoms with Gasteiger partial charge in [0.15, 0.2) is 0 Å². The average Bonchev–Trinajstić information content (AvgIpc) is 3.36. The van der Waals surface area contributed by atoms with E-state index in [1.807, 2.05) is 0 Å². The van der Waals surface area contributed by atoms with Gasteiger partial charge in [0.2, 0.25) is 11.2 Å². The minimum absolute atomic E-state index is 0.101. The van der Waals surface area contributed by atoms with Crippen LogP contribution >= 0.6 is 11.3 Å². The van der Waals surface area contributed by atoms with Gasteiger partial charge in [-0.05, 0) is 54.8 Å². The van der Waals surface area contributed by atoms with Gasteiger partial charge in [0, 0.05) is 6.07 Å². The van der Waals surface area contributed by atoms with E-state index in [-0.39, 0.29) is 29.1 Å². The quantitative estimate of drug-likeness (QED) is 0.233. The molecule has 7 nitrogen and oxygen atoms in total.